The standard InChI is InChI=1S/C18H15ClO2/c19-8-9-21-16-6-3-4-13(11-16)10-15-12-14-5-1-2-7-17(14)18(15)20/h1-7,10-11H,8-9,12H2/b15-10+. The third-order valence-corrected chi connectivity index (χ3v) is 3.63. The highest BCUT2D eigenvalue weighted by Gasteiger charge is 2.23. The predicted molar refractivity (Wildman–Crippen MR) is 85.1 cm³/mol. The Kier molecular flexibility index (Phi) is 4.07. The molecule has 0 amide bonds. The summed E-state index contributed by atoms with van der Waals surface area (Å²) >= 11 is 5.62. The van der Waals surface area contributed by atoms with E-state index in [0.717, 1.165) is 28.0 Å². The number of carbonyl (C=O) groups excluding carboxylic acids is 1. The number of allylic oxidation sites excluding steroid dienone is 1. The van der Waals surface area contributed by atoms with Crippen LogP contribution in [-0.4, -0.2) is 18.3 Å². The van der Waals surface area contributed by atoms with Crippen LogP contribution in [0, 0.1) is 0 Å². The molecule has 0 heterocycles. The van der Waals surface area contributed by atoms with Crippen LogP contribution in [-0.2, 0) is 6.42 Å². The largest absolute Gasteiger partial charge is 0.492 e. The summed E-state index contributed by atoms with van der Waals surface area (Å²) in [6, 6.07) is 15.5. The number of fused-ring (bicyclic) bond motifs is 1. The van der Waals surface area contributed by atoms with E-state index in [0.29, 0.717) is 18.9 Å². The van der Waals surface area contributed by atoms with Crippen LogP contribution < -0.4 is 4.74 Å². The molecular weight excluding hydrogens is 284 g/mol. The van der Waals surface area contributed by atoms with Crippen LogP contribution in [0.1, 0.15) is 21.5 Å². The number of carbonyl (C=O) groups is 1. The van der Waals surface area contributed by atoms with Crippen molar-refractivity contribution in [3.63, 3.8) is 0 Å². The van der Waals surface area contributed by atoms with Gasteiger partial charge in [0.25, 0.3) is 0 Å². The van der Waals surface area contributed by atoms with E-state index in [-0.39, 0.29) is 5.78 Å². The first-order chi connectivity index (χ1) is 10.3. The molecule has 0 bridgehead atoms. The lowest BCUT2D eigenvalue weighted by atomic mass is 10.1. The Balaban J connectivity index is 1.85. The highest BCUT2D eigenvalue weighted by Crippen LogP contribution is 2.28. The number of benzene rings is 2. The minimum Gasteiger partial charge on any atom is -0.492 e. The summed E-state index contributed by atoms with van der Waals surface area (Å²) in [6.45, 7) is 0.478. The third kappa shape index (κ3) is 3.01. The van der Waals surface area contributed by atoms with Gasteiger partial charge in [-0.05, 0) is 29.3 Å². The number of ketones is 1. The second-order valence-corrected chi connectivity index (χ2v) is 5.32. The zero-order chi connectivity index (χ0) is 14.7. The summed E-state index contributed by atoms with van der Waals surface area (Å²) in [4.78, 5) is 12.3. The monoisotopic (exact) mass is 298 g/mol. The zero-order valence-corrected chi connectivity index (χ0v) is 12.3. The second-order valence-electron chi connectivity index (χ2n) is 4.94. The molecule has 0 atom stereocenters. The Morgan fingerprint density at radius 3 is 2.81 bits per heavy atom. The molecule has 21 heavy (non-hydrogen) atoms. The Morgan fingerprint density at radius 1 is 1.14 bits per heavy atom. The molecule has 0 radical (unpaired) electrons. The Morgan fingerprint density at radius 2 is 2.00 bits per heavy atom. The van der Waals surface area contributed by atoms with Crippen molar-refractivity contribution in [2.45, 2.75) is 6.42 Å². The number of rotatable bonds is 4. The van der Waals surface area contributed by atoms with Crippen molar-refractivity contribution in [3.05, 3.63) is 70.8 Å². The van der Waals surface area contributed by atoms with Gasteiger partial charge in [0.2, 0.25) is 0 Å². The van der Waals surface area contributed by atoms with Crippen LogP contribution in [0.3, 0.4) is 0 Å². The van der Waals surface area contributed by atoms with Gasteiger partial charge in [0.05, 0.1) is 5.88 Å². The van der Waals surface area contributed by atoms with E-state index in [1.54, 1.807) is 0 Å². The number of ether oxygens (including phenoxy) is 1. The smallest absolute Gasteiger partial charge is 0.189 e. The van der Waals surface area contributed by atoms with E-state index >= 15 is 0 Å². The molecule has 0 aromatic heterocycles. The van der Waals surface area contributed by atoms with Gasteiger partial charge in [-0.2, -0.15) is 0 Å². The lowest BCUT2D eigenvalue weighted by Crippen LogP contribution is -1.98. The zero-order valence-electron chi connectivity index (χ0n) is 11.5. The van der Waals surface area contributed by atoms with Crippen LogP contribution in [0.5, 0.6) is 5.75 Å². The number of hydrogen-bond acceptors (Lipinski definition) is 2. The van der Waals surface area contributed by atoms with Gasteiger partial charge >= 0.3 is 0 Å². The number of halogens is 1. The quantitative estimate of drug-likeness (QED) is 0.627. The first kappa shape index (κ1) is 13.9. The molecule has 0 spiro atoms. The van der Waals surface area contributed by atoms with Gasteiger partial charge in [-0.1, -0.05) is 36.4 Å². The van der Waals surface area contributed by atoms with Crippen molar-refractivity contribution in [1.82, 2.24) is 0 Å². The van der Waals surface area contributed by atoms with E-state index in [1.807, 2.05) is 54.6 Å². The molecule has 2 nitrogen and oxygen atoms in total. The average Bonchev–Trinajstić information content (AvgIpc) is 2.82. The molecule has 106 valence electrons. The number of hydrogen-bond donors (Lipinski definition) is 0. The maximum absolute atomic E-state index is 12.3. The van der Waals surface area contributed by atoms with E-state index < -0.39 is 0 Å². The van der Waals surface area contributed by atoms with Gasteiger partial charge in [-0.15, -0.1) is 11.6 Å². The van der Waals surface area contributed by atoms with E-state index in [1.165, 1.54) is 0 Å². The summed E-state index contributed by atoms with van der Waals surface area (Å²) in [5, 5.41) is 0. The maximum Gasteiger partial charge on any atom is 0.189 e. The van der Waals surface area contributed by atoms with E-state index in [4.69, 9.17) is 16.3 Å². The van der Waals surface area contributed by atoms with Crippen LogP contribution >= 0.6 is 11.6 Å². The molecule has 0 N–H and O–H groups in total. The molecule has 3 rings (SSSR count). The third-order valence-electron chi connectivity index (χ3n) is 3.48. The normalized spacial score (nSPS) is 15.3. The summed E-state index contributed by atoms with van der Waals surface area (Å²) in [5.74, 6) is 1.35. The molecular formula is C18H15ClO2. The minimum atomic E-state index is 0.123. The number of alkyl halides is 1. The van der Waals surface area contributed by atoms with E-state index in [9.17, 15) is 4.79 Å². The summed E-state index contributed by atoms with van der Waals surface area (Å²) in [6.07, 6.45) is 2.64. The van der Waals surface area contributed by atoms with Gasteiger partial charge < -0.3 is 4.74 Å². The lowest BCUT2D eigenvalue weighted by Gasteiger charge is -2.04. The van der Waals surface area contributed by atoms with Crippen LogP contribution in [0.4, 0.5) is 0 Å². The highest BCUT2D eigenvalue weighted by atomic mass is 35.5. The van der Waals surface area contributed by atoms with Crippen LogP contribution in [0.15, 0.2) is 54.1 Å². The molecule has 1 aliphatic carbocycles. The summed E-state index contributed by atoms with van der Waals surface area (Å²) < 4.78 is 5.50. The Hall–Kier alpha value is -2.06. The molecule has 2 aromatic rings. The van der Waals surface area contributed by atoms with Crippen molar-refractivity contribution in [1.29, 1.82) is 0 Å². The molecule has 2 aromatic carbocycles. The molecule has 0 aliphatic heterocycles. The topological polar surface area (TPSA) is 26.3 Å². The fourth-order valence-corrected chi connectivity index (χ4v) is 2.60. The highest BCUT2D eigenvalue weighted by molar-refractivity contribution is 6.18. The molecule has 0 fully saturated rings. The van der Waals surface area contributed by atoms with Crippen LogP contribution in [0.25, 0.3) is 6.08 Å². The van der Waals surface area contributed by atoms with Gasteiger partial charge in [-0.25, -0.2) is 0 Å². The van der Waals surface area contributed by atoms with Crippen molar-refractivity contribution in [2.24, 2.45) is 0 Å². The molecule has 1 aliphatic rings. The maximum atomic E-state index is 12.3. The van der Waals surface area contributed by atoms with Gasteiger partial charge in [0.1, 0.15) is 12.4 Å². The summed E-state index contributed by atoms with van der Waals surface area (Å²) in [7, 11) is 0. The SMILES string of the molecule is O=C1/C(=C/c2cccc(OCCCl)c2)Cc2ccccc21. The average molecular weight is 299 g/mol. The van der Waals surface area contributed by atoms with Gasteiger partial charge in [-0.3, -0.25) is 4.79 Å². The van der Waals surface area contributed by atoms with Crippen molar-refractivity contribution < 1.29 is 9.53 Å². The van der Waals surface area contributed by atoms with Crippen molar-refractivity contribution in [2.75, 3.05) is 12.5 Å². The van der Waals surface area contributed by atoms with E-state index in [2.05, 4.69) is 0 Å². The van der Waals surface area contributed by atoms with Crippen molar-refractivity contribution >= 4 is 23.5 Å². The fraction of sp³-hybridized carbons (Fsp3) is 0.167. The predicted octanol–water partition coefficient (Wildman–Crippen LogP) is 4.13. The number of Topliss-reactive ketones (excluding diaryl/α,β-unsaturated/α-hetero) is 1. The molecule has 0 unspecified atom stereocenters. The first-order valence-electron chi connectivity index (χ1n) is 6.90. The fourth-order valence-electron chi connectivity index (χ4n) is 2.52. The van der Waals surface area contributed by atoms with Gasteiger partial charge in [0, 0.05) is 17.6 Å². The summed E-state index contributed by atoms with van der Waals surface area (Å²) in [5.41, 5.74) is 3.71. The second kappa shape index (κ2) is 6.15. The lowest BCUT2D eigenvalue weighted by molar-refractivity contribution is 0.104. The van der Waals surface area contributed by atoms with Gasteiger partial charge in [0.15, 0.2) is 5.78 Å². The molecule has 3 heteroatoms. The molecule has 0 saturated heterocycles. The Bertz CT molecular complexity index is 704. The van der Waals surface area contributed by atoms with Crippen molar-refractivity contribution in [3.8, 4) is 5.75 Å². The van der Waals surface area contributed by atoms with Crippen LogP contribution in [0.2, 0.25) is 0 Å². The Labute approximate surface area is 129 Å². The molecule has 0 saturated carbocycles. The first-order valence-corrected chi connectivity index (χ1v) is 7.43. The minimum absolute atomic E-state index is 0.123.